The number of hydrogen-bond acceptors (Lipinski definition) is 4. The normalized spacial score (nSPS) is 19.5. The van der Waals surface area contributed by atoms with Gasteiger partial charge in [-0.2, -0.15) is 10.4 Å². The van der Waals surface area contributed by atoms with Crippen LogP contribution in [0.15, 0.2) is 37.1 Å². The predicted octanol–water partition coefficient (Wildman–Crippen LogP) is 5.16. The maximum absolute atomic E-state index is 12.1. The lowest BCUT2D eigenvalue weighted by Gasteiger charge is -2.47. The number of carbonyl (C=O) groups is 1. The Bertz CT molecular complexity index is 1500. The Balaban J connectivity index is 1.52. The molecule has 0 N–H and O–H groups in total. The van der Waals surface area contributed by atoms with E-state index in [2.05, 4.69) is 61.6 Å². The number of anilines is 1. The second-order valence-corrected chi connectivity index (χ2v) is 12.3. The van der Waals surface area contributed by atoms with Crippen molar-refractivity contribution in [1.29, 1.82) is 5.26 Å². The van der Waals surface area contributed by atoms with Crippen LogP contribution in [0.2, 0.25) is 0 Å². The smallest absolute Gasteiger partial charge is 0.245 e. The van der Waals surface area contributed by atoms with E-state index >= 15 is 0 Å². The molecule has 3 aromatic rings. The van der Waals surface area contributed by atoms with Gasteiger partial charge in [-0.25, -0.2) is 0 Å². The van der Waals surface area contributed by atoms with Gasteiger partial charge >= 0.3 is 0 Å². The van der Waals surface area contributed by atoms with E-state index in [1.54, 1.807) is 0 Å². The average Bonchev–Trinajstić information content (AvgIpc) is 3.46. The SMILES string of the molecule is C=CC(=O)N1CC2(CCN(c3cc4c(c(-c5c(C)ccc6cnn(C)c56)c3C#N)CCC(C)(C)C4)C2)C1. The van der Waals surface area contributed by atoms with Crippen LogP contribution in [0.25, 0.3) is 22.0 Å². The Labute approximate surface area is 219 Å². The highest BCUT2D eigenvalue weighted by molar-refractivity contribution is 6.00. The molecule has 0 saturated carbocycles. The maximum Gasteiger partial charge on any atom is 0.245 e. The van der Waals surface area contributed by atoms with Crippen molar-refractivity contribution in [2.45, 2.75) is 46.5 Å². The summed E-state index contributed by atoms with van der Waals surface area (Å²) in [6.45, 7) is 13.8. The highest BCUT2D eigenvalue weighted by Gasteiger charge is 2.49. The molecule has 2 saturated heterocycles. The summed E-state index contributed by atoms with van der Waals surface area (Å²) in [6.07, 6.45) is 7.45. The van der Waals surface area contributed by atoms with Gasteiger partial charge in [0.15, 0.2) is 0 Å². The standard InChI is InChI=1S/C31H35N5O/c1-6-26(37)36-18-31(19-36)11-12-35(17-31)25-13-22-14-30(3,4)10-9-23(22)28(24(25)15-32)27-20(2)7-8-21-16-33-34(5)29(21)27/h6-8,13,16H,1,9-12,14,17-19H2,2-5H3. The van der Waals surface area contributed by atoms with E-state index in [-0.39, 0.29) is 16.7 Å². The van der Waals surface area contributed by atoms with E-state index < -0.39 is 0 Å². The Morgan fingerprint density at radius 1 is 1.19 bits per heavy atom. The van der Waals surface area contributed by atoms with Crippen LogP contribution in [0.1, 0.15) is 48.9 Å². The Morgan fingerprint density at radius 2 is 1.97 bits per heavy atom. The summed E-state index contributed by atoms with van der Waals surface area (Å²) in [5.41, 5.74) is 9.40. The fourth-order valence-electron chi connectivity index (χ4n) is 7.04. The van der Waals surface area contributed by atoms with Gasteiger partial charge in [-0.1, -0.05) is 32.6 Å². The number of nitriles is 1. The van der Waals surface area contributed by atoms with Gasteiger partial charge in [0.2, 0.25) is 5.91 Å². The number of hydrogen-bond donors (Lipinski definition) is 0. The van der Waals surface area contributed by atoms with Crippen LogP contribution >= 0.6 is 0 Å². The molecule has 1 amide bonds. The van der Waals surface area contributed by atoms with E-state index in [0.717, 1.165) is 85.1 Å². The third-order valence-corrected chi connectivity index (χ3v) is 9.02. The zero-order valence-corrected chi connectivity index (χ0v) is 22.4. The number of aryl methyl sites for hydroxylation is 2. The lowest BCUT2D eigenvalue weighted by atomic mass is 9.71. The van der Waals surface area contributed by atoms with Gasteiger partial charge in [0.1, 0.15) is 6.07 Å². The first-order valence-electron chi connectivity index (χ1n) is 13.3. The van der Waals surface area contributed by atoms with Gasteiger partial charge < -0.3 is 9.80 Å². The minimum atomic E-state index is 0.0137. The topological polar surface area (TPSA) is 65.2 Å². The molecule has 3 aliphatic rings. The van der Waals surface area contributed by atoms with Crippen LogP contribution in [0.4, 0.5) is 5.69 Å². The van der Waals surface area contributed by atoms with E-state index in [0.29, 0.717) is 0 Å². The Hall–Kier alpha value is -3.59. The fourth-order valence-corrected chi connectivity index (χ4v) is 7.04. The Kier molecular flexibility index (Phi) is 5.28. The van der Waals surface area contributed by atoms with E-state index in [9.17, 15) is 10.1 Å². The van der Waals surface area contributed by atoms with Gasteiger partial charge in [-0.15, -0.1) is 0 Å². The van der Waals surface area contributed by atoms with Gasteiger partial charge in [0.25, 0.3) is 0 Å². The molecule has 37 heavy (non-hydrogen) atoms. The third kappa shape index (κ3) is 3.67. The molecule has 1 aliphatic carbocycles. The third-order valence-electron chi connectivity index (χ3n) is 9.02. The molecular weight excluding hydrogens is 458 g/mol. The number of nitrogens with zero attached hydrogens (tertiary/aromatic N) is 5. The van der Waals surface area contributed by atoms with Crippen LogP contribution in [0, 0.1) is 29.1 Å². The number of rotatable bonds is 3. The van der Waals surface area contributed by atoms with Crippen LogP contribution in [-0.4, -0.2) is 46.8 Å². The minimum Gasteiger partial charge on any atom is -0.370 e. The molecule has 0 radical (unpaired) electrons. The van der Waals surface area contributed by atoms with E-state index in [1.165, 1.54) is 22.8 Å². The molecule has 3 heterocycles. The summed E-state index contributed by atoms with van der Waals surface area (Å²) in [6, 6.07) is 9.28. The molecule has 2 aliphatic heterocycles. The van der Waals surface area contributed by atoms with Crippen LogP contribution in [-0.2, 0) is 24.7 Å². The summed E-state index contributed by atoms with van der Waals surface area (Å²) < 4.78 is 1.95. The van der Waals surface area contributed by atoms with Crippen molar-refractivity contribution in [2.75, 3.05) is 31.1 Å². The first-order valence-corrected chi connectivity index (χ1v) is 13.3. The van der Waals surface area contributed by atoms with Crippen molar-refractivity contribution < 1.29 is 4.79 Å². The minimum absolute atomic E-state index is 0.0137. The molecule has 1 spiro atoms. The molecule has 2 aromatic carbocycles. The number of benzene rings is 2. The number of carbonyl (C=O) groups excluding carboxylic acids is 1. The van der Waals surface area contributed by atoms with Crippen LogP contribution < -0.4 is 4.90 Å². The molecule has 190 valence electrons. The zero-order valence-electron chi connectivity index (χ0n) is 22.4. The first-order chi connectivity index (χ1) is 17.6. The van der Waals surface area contributed by atoms with Crippen LogP contribution in [0.3, 0.4) is 0 Å². The molecule has 0 unspecified atom stereocenters. The average molecular weight is 494 g/mol. The van der Waals surface area contributed by atoms with Gasteiger partial charge in [0, 0.05) is 55.2 Å². The molecule has 0 bridgehead atoms. The summed E-state index contributed by atoms with van der Waals surface area (Å²) in [5, 5.41) is 16.4. The van der Waals surface area contributed by atoms with Crippen molar-refractivity contribution in [2.24, 2.45) is 17.9 Å². The lowest BCUT2D eigenvalue weighted by Crippen LogP contribution is -2.59. The molecule has 0 atom stereocenters. The van der Waals surface area contributed by atoms with Crippen molar-refractivity contribution >= 4 is 22.5 Å². The zero-order chi connectivity index (χ0) is 26.1. The van der Waals surface area contributed by atoms with Crippen molar-refractivity contribution in [3.63, 3.8) is 0 Å². The largest absolute Gasteiger partial charge is 0.370 e. The highest BCUT2D eigenvalue weighted by atomic mass is 16.2. The van der Waals surface area contributed by atoms with Gasteiger partial charge in [-0.05, 0) is 66.9 Å². The number of likely N-dealkylation sites (tertiary alicyclic amines) is 1. The highest BCUT2D eigenvalue weighted by Crippen LogP contribution is 2.48. The molecule has 1 aromatic heterocycles. The quantitative estimate of drug-likeness (QED) is 0.473. The van der Waals surface area contributed by atoms with E-state index in [4.69, 9.17) is 0 Å². The summed E-state index contributed by atoms with van der Waals surface area (Å²) >= 11 is 0. The van der Waals surface area contributed by atoms with Crippen molar-refractivity contribution in [3.05, 3.63) is 59.3 Å². The first kappa shape index (κ1) is 23.8. The predicted molar refractivity (Wildman–Crippen MR) is 147 cm³/mol. The van der Waals surface area contributed by atoms with Crippen molar-refractivity contribution in [3.8, 4) is 17.2 Å². The van der Waals surface area contributed by atoms with Crippen molar-refractivity contribution in [1.82, 2.24) is 14.7 Å². The summed E-state index contributed by atoms with van der Waals surface area (Å²) in [4.78, 5) is 16.4. The van der Waals surface area contributed by atoms with Crippen LogP contribution in [0.5, 0.6) is 0 Å². The summed E-state index contributed by atoms with van der Waals surface area (Å²) in [5.74, 6) is 0.0137. The van der Waals surface area contributed by atoms with Gasteiger partial charge in [-0.3, -0.25) is 9.48 Å². The number of fused-ring (bicyclic) bond motifs is 2. The second-order valence-electron chi connectivity index (χ2n) is 12.3. The van der Waals surface area contributed by atoms with Gasteiger partial charge in [0.05, 0.1) is 23.0 Å². The molecule has 6 nitrogen and oxygen atoms in total. The lowest BCUT2D eigenvalue weighted by molar-refractivity contribution is -0.136. The maximum atomic E-state index is 12.1. The summed E-state index contributed by atoms with van der Waals surface area (Å²) in [7, 11) is 1.99. The molecule has 2 fully saturated rings. The second kappa shape index (κ2) is 8.21. The van der Waals surface area contributed by atoms with E-state index in [1.807, 2.05) is 22.8 Å². The monoisotopic (exact) mass is 493 g/mol. The number of amides is 1. The Morgan fingerprint density at radius 3 is 2.70 bits per heavy atom. The molecule has 6 heteroatoms. The molecule has 6 rings (SSSR count). The molecular formula is C31H35N5O. The fraction of sp³-hybridized carbons (Fsp3) is 0.452. The number of aromatic nitrogens is 2.